The predicted molar refractivity (Wildman–Crippen MR) is 81.1 cm³/mol. The van der Waals surface area contributed by atoms with E-state index in [0.717, 1.165) is 26.2 Å². The molecule has 0 radical (unpaired) electrons. The number of rotatable bonds is 9. The van der Waals surface area contributed by atoms with E-state index >= 15 is 0 Å². The molecule has 1 aromatic rings. The third kappa shape index (κ3) is 5.54. The molecule has 18 heavy (non-hydrogen) atoms. The summed E-state index contributed by atoms with van der Waals surface area (Å²) >= 11 is 0. The molecular weight excluding hydrogens is 220 g/mol. The minimum absolute atomic E-state index is 1.05. The molecule has 1 aromatic carbocycles. The van der Waals surface area contributed by atoms with E-state index in [4.69, 9.17) is 0 Å². The summed E-state index contributed by atoms with van der Waals surface area (Å²) in [7, 11) is 0. The molecule has 2 heteroatoms. The lowest BCUT2D eigenvalue weighted by atomic mass is 10.2. The standard InChI is InChI=1S/C16H28N2/c1-4-7-8-12-17-16-11-9-10-15(13-16)14-18(5-2)6-3/h9-11,13,17H,4-8,12,14H2,1-3H3. The predicted octanol–water partition coefficient (Wildman–Crippen LogP) is 4.13. The van der Waals surface area contributed by atoms with Gasteiger partial charge in [0.05, 0.1) is 0 Å². The highest BCUT2D eigenvalue weighted by molar-refractivity contribution is 5.45. The van der Waals surface area contributed by atoms with Gasteiger partial charge in [-0.05, 0) is 37.2 Å². The van der Waals surface area contributed by atoms with Crippen molar-refractivity contribution >= 4 is 5.69 Å². The Labute approximate surface area is 112 Å². The molecule has 0 aliphatic heterocycles. The zero-order valence-electron chi connectivity index (χ0n) is 12.2. The van der Waals surface area contributed by atoms with Gasteiger partial charge in [0.15, 0.2) is 0 Å². The fraction of sp³-hybridized carbons (Fsp3) is 0.625. The van der Waals surface area contributed by atoms with Crippen molar-refractivity contribution in [1.82, 2.24) is 4.90 Å². The second-order valence-electron chi connectivity index (χ2n) is 4.80. The zero-order chi connectivity index (χ0) is 13.2. The second-order valence-corrected chi connectivity index (χ2v) is 4.80. The van der Waals surface area contributed by atoms with Gasteiger partial charge in [-0.1, -0.05) is 45.7 Å². The van der Waals surface area contributed by atoms with E-state index in [2.05, 4.69) is 55.3 Å². The van der Waals surface area contributed by atoms with E-state index in [1.54, 1.807) is 0 Å². The van der Waals surface area contributed by atoms with Crippen molar-refractivity contribution in [2.45, 2.75) is 46.6 Å². The monoisotopic (exact) mass is 248 g/mol. The molecule has 1 N–H and O–H groups in total. The molecule has 0 saturated heterocycles. The van der Waals surface area contributed by atoms with Crippen molar-refractivity contribution < 1.29 is 0 Å². The summed E-state index contributed by atoms with van der Waals surface area (Å²) in [5, 5.41) is 3.51. The van der Waals surface area contributed by atoms with Crippen LogP contribution in [0.1, 0.15) is 45.6 Å². The Balaban J connectivity index is 2.45. The van der Waals surface area contributed by atoms with Crippen molar-refractivity contribution in [2.24, 2.45) is 0 Å². The molecular formula is C16H28N2. The van der Waals surface area contributed by atoms with Gasteiger partial charge in [-0.15, -0.1) is 0 Å². The van der Waals surface area contributed by atoms with Gasteiger partial charge in [0.2, 0.25) is 0 Å². The van der Waals surface area contributed by atoms with Crippen LogP contribution in [0.2, 0.25) is 0 Å². The van der Waals surface area contributed by atoms with E-state index in [9.17, 15) is 0 Å². The average molecular weight is 248 g/mol. The Hall–Kier alpha value is -1.02. The fourth-order valence-corrected chi connectivity index (χ4v) is 2.09. The van der Waals surface area contributed by atoms with Crippen LogP contribution in [-0.2, 0) is 6.54 Å². The minimum atomic E-state index is 1.05. The first-order valence-electron chi connectivity index (χ1n) is 7.35. The smallest absolute Gasteiger partial charge is 0.0343 e. The van der Waals surface area contributed by atoms with Gasteiger partial charge >= 0.3 is 0 Å². The Morgan fingerprint density at radius 3 is 2.50 bits per heavy atom. The van der Waals surface area contributed by atoms with Gasteiger partial charge in [0, 0.05) is 18.8 Å². The number of benzene rings is 1. The van der Waals surface area contributed by atoms with Crippen LogP contribution < -0.4 is 5.32 Å². The fourth-order valence-electron chi connectivity index (χ4n) is 2.09. The average Bonchev–Trinajstić information content (AvgIpc) is 2.41. The van der Waals surface area contributed by atoms with Crippen LogP contribution in [0, 0.1) is 0 Å². The summed E-state index contributed by atoms with van der Waals surface area (Å²) in [6, 6.07) is 8.82. The molecule has 0 aliphatic rings. The van der Waals surface area contributed by atoms with Gasteiger partial charge in [-0.2, -0.15) is 0 Å². The molecule has 0 amide bonds. The van der Waals surface area contributed by atoms with Crippen LogP contribution in [0.4, 0.5) is 5.69 Å². The molecule has 0 spiro atoms. The lowest BCUT2D eigenvalue weighted by Gasteiger charge is -2.18. The maximum absolute atomic E-state index is 3.51. The zero-order valence-corrected chi connectivity index (χ0v) is 12.2. The highest BCUT2D eigenvalue weighted by atomic mass is 15.1. The highest BCUT2D eigenvalue weighted by Gasteiger charge is 2.01. The second kappa shape index (κ2) is 8.98. The summed E-state index contributed by atoms with van der Waals surface area (Å²) in [6.07, 6.45) is 3.85. The summed E-state index contributed by atoms with van der Waals surface area (Å²) in [5.41, 5.74) is 2.66. The van der Waals surface area contributed by atoms with Crippen molar-refractivity contribution in [3.8, 4) is 0 Å². The van der Waals surface area contributed by atoms with Crippen molar-refractivity contribution in [3.63, 3.8) is 0 Å². The SMILES string of the molecule is CCCCCNc1cccc(CN(CC)CC)c1. The van der Waals surface area contributed by atoms with Crippen LogP contribution in [-0.4, -0.2) is 24.5 Å². The van der Waals surface area contributed by atoms with E-state index < -0.39 is 0 Å². The molecule has 0 bridgehead atoms. The third-order valence-electron chi connectivity index (χ3n) is 3.34. The maximum atomic E-state index is 3.51. The number of unbranched alkanes of at least 4 members (excludes halogenated alkanes) is 2. The molecule has 0 atom stereocenters. The molecule has 0 unspecified atom stereocenters. The van der Waals surface area contributed by atoms with Crippen molar-refractivity contribution in [1.29, 1.82) is 0 Å². The molecule has 102 valence electrons. The van der Waals surface area contributed by atoms with Gasteiger partial charge < -0.3 is 5.32 Å². The molecule has 1 rings (SSSR count). The van der Waals surface area contributed by atoms with E-state index in [1.807, 2.05) is 0 Å². The molecule has 0 saturated carbocycles. The molecule has 2 nitrogen and oxygen atoms in total. The molecule has 0 aromatic heterocycles. The summed E-state index contributed by atoms with van der Waals surface area (Å²) in [6.45, 7) is 11.0. The van der Waals surface area contributed by atoms with Crippen LogP contribution in [0.15, 0.2) is 24.3 Å². The summed E-state index contributed by atoms with van der Waals surface area (Å²) in [5.74, 6) is 0. The Bertz CT molecular complexity index is 319. The van der Waals surface area contributed by atoms with Crippen LogP contribution in [0.3, 0.4) is 0 Å². The van der Waals surface area contributed by atoms with Crippen molar-refractivity contribution in [3.05, 3.63) is 29.8 Å². The van der Waals surface area contributed by atoms with E-state index in [0.29, 0.717) is 0 Å². The molecule has 0 fully saturated rings. The van der Waals surface area contributed by atoms with Crippen molar-refractivity contribution in [2.75, 3.05) is 25.0 Å². The first-order valence-corrected chi connectivity index (χ1v) is 7.35. The number of nitrogens with zero attached hydrogens (tertiary/aromatic N) is 1. The van der Waals surface area contributed by atoms with Crippen LogP contribution in [0.5, 0.6) is 0 Å². The quantitative estimate of drug-likeness (QED) is 0.661. The van der Waals surface area contributed by atoms with Gasteiger partial charge in [-0.3, -0.25) is 4.90 Å². The third-order valence-corrected chi connectivity index (χ3v) is 3.34. The normalized spacial score (nSPS) is 10.9. The van der Waals surface area contributed by atoms with Gasteiger partial charge in [0.1, 0.15) is 0 Å². The maximum Gasteiger partial charge on any atom is 0.0343 e. The number of nitrogens with one attached hydrogen (secondary N) is 1. The van der Waals surface area contributed by atoms with E-state index in [-0.39, 0.29) is 0 Å². The lowest BCUT2D eigenvalue weighted by molar-refractivity contribution is 0.296. The minimum Gasteiger partial charge on any atom is -0.385 e. The topological polar surface area (TPSA) is 15.3 Å². The van der Waals surface area contributed by atoms with Crippen LogP contribution >= 0.6 is 0 Å². The first kappa shape index (κ1) is 15.0. The summed E-state index contributed by atoms with van der Waals surface area (Å²) in [4.78, 5) is 2.44. The number of anilines is 1. The first-order chi connectivity index (χ1) is 8.80. The Kier molecular flexibility index (Phi) is 7.51. The Morgan fingerprint density at radius 2 is 1.83 bits per heavy atom. The highest BCUT2D eigenvalue weighted by Crippen LogP contribution is 2.13. The Morgan fingerprint density at radius 1 is 1.06 bits per heavy atom. The van der Waals surface area contributed by atoms with E-state index in [1.165, 1.54) is 30.5 Å². The number of hydrogen-bond donors (Lipinski definition) is 1. The van der Waals surface area contributed by atoms with Gasteiger partial charge in [0.25, 0.3) is 0 Å². The van der Waals surface area contributed by atoms with Gasteiger partial charge in [-0.25, -0.2) is 0 Å². The molecule has 0 aliphatic carbocycles. The molecule has 0 heterocycles. The summed E-state index contributed by atoms with van der Waals surface area (Å²) < 4.78 is 0. The lowest BCUT2D eigenvalue weighted by Crippen LogP contribution is -2.22. The number of hydrogen-bond acceptors (Lipinski definition) is 2. The van der Waals surface area contributed by atoms with Crippen LogP contribution in [0.25, 0.3) is 0 Å². The largest absolute Gasteiger partial charge is 0.385 e.